The molecule has 2 aromatic heterocycles. The van der Waals surface area contributed by atoms with Crippen LogP contribution < -0.4 is 0 Å². The van der Waals surface area contributed by atoms with E-state index in [9.17, 15) is 19.2 Å². The molecule has 0 saturated carbocycles. The van der Waals surface area contributed by atoms with Gasteiger partial charge in [0.15, 0.2) is 0 Å². The van der Waals surface area contributed by atoms with Gasteiger partial charge in [-0.25, -0.2) is 19.2 Å². The number of carboxylic acids is 2. The minimum atomic E-state index is -1.29. The standard InChI is InChI=1S/C16H14O10/c17-13(18)9-3-5-11(25-9)15(21)23-7-1-2-8-24-16(22)12-6-4-10(26-12)14(19)20/h3-6H,1-2,7-8H2,(H,17,18)(H,19,20). The highest BCUT2D eigenvalue weighted by atomic mass is 16.6. The number of carbonyl (C=O) groups excluding carboxylic acids is 2. The number of hydrogen-bond acceptors (Lipinski definition) is 8. The van der Waals surface area contributed by atoms with Crippen LogP contribution in [0.25, 0.3) is 0 Å². The molecule has 0 saturated heterocycles. The van der Waals surface area contributed by atoms with Crippen LogP contribution >= 0.6 is 0 Å². The first-order valence-corrected chi connectivity index (χ1v) is 7.39. The summed E-state index contributed by atoms with van der Waals surface area (Å²) in [6, 6.07) is 4.68. The van der Waals surface area contributed by atoms with Crippen LogP contribution in [0.15, 0.2) is 33.1 Å². The van der Waals surface area contributed by atoms with E-state index >= 15 is 0 Å². The summed E-state index contributed by atoms with van der Waals surface area (Å²) in [5.74, 6) is -5.36. The fourth-order valence-electron chi connectivity index (χ4n) is 1.80. The molecule has 2 N–H and O–H groups in total. The lowest BCUT2D eigenvalue weighted by Crippen LogP contribution is -2.08. The molecule has 0 bridgehead atoms. The Hall–Kier alpha value is -3.56. The van der Waals surface area contributed by atoms with Crippen molar-refractivity contribution in [2.24, 2.45) is 0 Å². The molecular formula is C16H14O10. The van der Waals surface area contributed by atoms with Crippen molar-refractivity contribution in [3.05, 3.63) is 47.3 Å². The summed E-state index contributed by atoms with van der Waals surface area (Å²) in [6.07, 6.45) is 0.758. The van der Waals surface area contributed by atoms with Gasteiger partial charge >= 0.3 is 23.9 Å². The van der Waals surface area contributed by atoms with Crippen LogP contribution in [0.5, 0.6) is 0 Å². The maximum Gasteiger partial charge on any atom is 0.374 e. The van der Waals surface area contributed by atoms with Crippen LogP contribution in [-0.4, -0.2) is 47.3 Å². The first kappa shape index (κ1) is 18.8. The molecule has 0 aliphatic heterocycles. The average Bonchev–Trinajstić information content (AvgIpc) is 3.27. The molecule has 0 aliphatic rings. The van der Waals surface area contributed by atoms with Crippen molar-refractivity contribution in [2.75, 3.05) is 13.2 Å². The van der Waals surface area contributed by atoms with Crippen molar-refractivity contribution in [1.82, 2.24) is 0 Å². The first-order valence-electron chi connectivity index (χ1n) is 7.39. The van der Waals surface area contributed by atoms with Crippen molar-refractivity contribution < 1.29 is 47.7 Å². The lowest BCUT2D eigenvalue weighted by atomic mass is 10.3. The van der Waals surface area contributed by atoms with Crippen molar-refractivity contribution in [1.29, 1.82) is 0 Å². The van der Waals surface area contributed by atoms with Gasteiger partial charge in [-0.1, -0.05) is 0 Å². The quantitative estimate of drug-likeness (QED) is 0.498. The molecule has 0 unspecified atom stereocenters. The lowest BCUT2D eigenvalue weighted by Gasteiger charge is -2.04. The zero-order valence-corrected chi connectivity index (χ0v) is 13.3. The van der Waals surface area contributed by atoms with Gasteiger partial charge in [-0.2, -0.15) is 0 Å². The molecule has 2 heterocycles. The number of hydrogen-bond donors (Lipinski definition) is 2. The second kappa shape index (κ2) is 8.51. The zero-order valence-electron chi connectivity index (χ0n) is 13.3. The Morgan fingerprint density at radius 2 is 1.04 bits per heavy atom. The first-order chi connectivity index (χ1) is 12.4. The summed E-state index contributed by atoms with van der Waals surface area (Å²) in [5.41, 5.74) is 0. The van der Waals surface area contributed by atoms with E-state index in [0.717, 1.165) is 12.1 Å². The zero-order chi connectivity index (χ0) is 19.1. The van der Waals surface area contributed by atoms with Gasteiger partial charge in [0, 0.05) is 0 Å². The highest BCUT2D eigenvalue weighted by molar-refractivity contribution is 5.90. The van der Waals surface area contributed by atoms with Gasteiger partial charge in [-0.3, -0.25) is 0 Å². The Morgan fingerprint density at radius 1 is 0.692 bits per heavy atom. The normalized spacial score (nSPS) is 10.3. The van der Waals surface area contributed by atoms with Crippen molar-refractivity contribution in [3.63, 3.8) is 0 Å². The van der Waals surface area contributed by atoms with E-state index in [-0.39, 0.29) is 36.3 Å². The number of unbranched alkanes of at least 4 members (excludes halogenated alkanes) is 1. The van der Waals surface area contributed by atoms with Crippen LogP contribution in [0.3, 0.4) is 0 Å². The number of carboxylic acid groups (broad SMARTS) is 2. The maximum atomic E-state index is 11.6. The summed E-state index contributed by atoms with van der Waals surface area (Å²) in [5, 5.41) is 17.4. The molecule has 0 aromatic carbocycles. The number of rotatable bonds is 9. The van der Waals surface area contributed by atoms with Crippen molar-refractivity contribution in [3.8, 4) is 0 Å². The number of ether oxygens (including phenoxy) is 2. The SMILES string of the molecule is O=C(O)c1ccc(C(=O)OCCCCOC(=O)c2ccc(C(=O)O)o2)o1. The summed E-state index contributed by atoms with van der Waals surface area (Å²) in [4.78, 5) is 44.5. The highest BCUT2D eigenvalue weighted by Gasteiger charge is 2.17. The lowest BCUT2D eigenvalue weighted by molar-refractivity contribution is 0.0390. The van der Waals surface area contributed by atoms with Crippen LogP contribution in [0, 0.1) is 0 Å². The van der Waals surface area contributed by atoms with Crippen molar-refractivity contribution in [2.45, 2.75) is 12.8 Å². The van der Waals surface area contributed by atoms with Crippen LogP contribution in [-0.2, 0) is 9.47 Å². The van der Waals surface area contributed by atoms with E-state index < -0.39 is 23.9 Å². The Morgan fingerprint density at radius 3 is 1.35 bits per heavy atom. The smallest absolute Gasteiger partial charge is 0.374 e. The molecular weight excluding hydrogens is 352 g/mol. The molecule has 0 amide bonds. The number of carbonyl (C=O) groups is 4. The molecule has 2 rings (SSSR count). The van der Waals surface area contributed by atoms with E-state index in [0.29, 0.717) is 12.8 Å². The van der Waals surface area contributed by atoms with Crippen LogP contribution in [0.2, 0.25) is 0 Å². The largest absolute Gasteiger partial charge is 0.475 e. The van der Waals surface area contributed by atoms with Gasteiger partial charge in [-0.15, -0.1) is 0 Å². The van der Waals surface area contributed by atoms with E-state index in [2.05, 4.69) is 0 Å². The van der Waals surface area contributed by atoms with E-state index in [1.165, 1.54) is 12.1 Å². The summed E-state index contributed by atoms with van der Waals surface area (Å²) < 4.78 is 19.4. The Bertz CT molecular complexity index is 744. The fraction of sp³-hybridized carbons (Fsp3) is 0.250. The predicted molar refractivity (Wildman–Crippen MR) is 81.1 cm³/mol. The van der Waals surface area contributed by atoms with Crippen LogP contribution in [0.1, 0.15) is 55.1 Å². The molecule has 0 aliphatic carbocycles. The van der Waals surface area contributed by atoms with Gasteiger partial charge in [-0.05, 0) is 37.1 Å². The second-order valence-electron chi connectivity index (χ2n) is 4.92. The molecule has 0 spiro atoms. The van der Waals surface area contributed by atoms with E-state index in [1.54, 1.807) is 0 Å². The second-order valence-corrected chi connectivity index (χ2v) is 4.92. The summed E-state index contributed by atoms with van der Waals surface area (Å²) in [7, 11) is 0. The minimum Gasteiger partial charge on any atom is -0.475 e. The molecule has 138 valence electrons. The fourth-order valence-corrected chi connectivity index (χ4v) is 1.80. The van der Waals surface area contributed by atoms with E-state index in [1.807, 2.05) is 0 Å². The Balaban J connectivity index is 1.64. The third kappa shape index (κ3) is 4.97. The number of furan rings is 2. The molecule has 26 heavy (non-hydrogen) atoms. The molecule has 0 atom stereocenters. The van der Waals surface area contributed by atoms with Gasteiger partial charge in [0.2, 0.25) is 23.0 Å². The van der Waals surface area contributed by atoms with Crippen LogP contribution in [0.4, 0.5) is 0 Å². The van der Waals surface area contributed by atoms with Gasteiger partial charge in [0.1, 0.15) is 0 Å². The van der Waals surface area contributed by atoms with E-state index in [4.69, 9.17) is 28.5 Å². The maximum absolute atomic E-state index is 11.6. The molecule has 2 aromatic rings. The van der Waals surface area contributed by atoms with Gasteiger partial charge in [0.05, 0.1) is 13.2 Å². The van der Waals surface area contributed by atoms with Crippen molar-refractivity contribution >= 4 is 23.9 Å². The topological polar surface area (TPSA) is 153 Å². The summed E-state index contributed by atoms with van der Waals surface area (Å²) >= 11 is 0. The molecule has 0 fully saturated rings. The van der Waals surface area contributed by atoms with Gasteiger partial charge in [0.25, 0.3) is 0 Å². The monoisotopic (exact) mass is 366 g/mol. The number of esters is 2. The summed E-state index contributed by atoms with van der Waals surface area (Å²) in [6.45, 7) is 0.0345. The third-order valence-electron chi connectivity index (χ3n) is 3.04. The van der Waals surface area contributed by atoms with Gasteiger partial charge < -0.3 is 28.5 Å². The minimum absolute atomic E-state index is 0.0173. The predicted octanol–water partition coefficient (Wildman–Crippen LogP) is 2.06. The number of aromatic carboxylic acids is 2. The Labute approximate surface area is 145 Å². The highest BCUT2D eigenvalue weighted by Crippen LogP contribution is 2.11. The molecule has 10 nitrogen and oxygen atoms in total. The molecule has 0 radical (unpaired) electrons. The molecule has 10 heteroatoms. The third-order valence-corrected chi connectivity index (χ3v) is 3.04. The average molecular weight is 366 g/mol. The Kier molecular flexibility index (Phi) is 6.15.